The topological polar surface area (TPSA) is 94.2 Å². The number of urea groups is 1. The van der Waals surface area contributed by atoms with E-state index in [9.17, 15) is 14.4 Å². The molecule has 0 saturated carbocycles. The van der Waals surface area contributed by atoms with E-state index in [4.69, 9.17) is 25.8 Å². The van der Waals surface area contributed by atoms with Gasteiger partial charge in [-0.05, 0) is 72.7 Å². The highest BCUT2D eigenvalue weighted by Crippen LogP contribution is 2.30. The Balaban J connectivity index is 1.53. The van der Waals surface area contributed by atoms with Crippen molar-refractivity contribution in [2.24, 2.45) is 0 Å². The van der Waals surface area contributed by atoms with Crippen LogP contribution in [-0.4, -0.2) is 31.6 Å². The number of carbonyl (C=O) groups excluding carboxylic acids is 3. The summed E-state index contributed by atoms with van der Waals surface area (Å²) in [5.41, 5.74) is 1.57. The molecule has 0 radical (unpaired) electrons. The van der Waals surface area contributed by atoms with Crippen molar-refractivity contribution in [3.63, 3.8) is 0 Å². The summed E-state index contributed by atoms with van der Waals surface area (Å²) in [4.78, 5) is 39.1. The van der Waals surface area contributed by atoms with E-state index in [1.165, 1.54) is 13.2 Å². The zero-order chi connectivity index (χ0) is 25.7. The number of anilines is 1. The number of hydrogen-bond donors (Lipinski definition) is 1. The van der Waals surface area contributed by atoms with Crippen LogP contribution in [0.25, 0.3) is 6.08 Å². The monoisotopic (exact) mass is 506 g/mol. The number of nitrogens with one attached hydrogen (secondary N) is 1. The van der Waals surface area contributed by atoms with Crippen molar-refractivity contribution in [1.82, 2.24) is 5.32 Å². The minimum atomic E-state index is -0.832. The van der Waals surface area contributed by atoms with E-state index in [2.05, 4.69) is 5.32 Å². The second kappa shape index (κ2) is 11.0. The van der Waals surface area contributed by atoms with Gasteiger partial charge in [0.25, 0.3) is 11.8 Å². The molecule has 0 atom stereocenters. The van der Waals surface area contributed by atoms with Gasteiger partial charge in [-0.2, -0.15) is 0 Å². The van der Waals surface area contributed by atoms with Gasteiger partial charge in [0.1, 0.15) is 17.9 Å². The standard InChI is InChI=1S/C27H23ClN2O6/c1-3-35-23-13-6-18(15-24(23)34-2)14-22-25(31)29-27(33)30(26(22)32)20-9-11-21(12-10-20)36-16-17-4-7-19(28)8-5-17/h4-15H,3,16H2,1-2H3,(H,29,31,33)/b22-14+. The smallest absolute Gasteiger partial charge is 0.335 e. The van der Waals surface area contributed by atoms with Gasteiger partial charge in [-0.3, -0.25) is 14.9 Å². The maximum atomic E-state index is 13.2. The van der Waals surface area contributed by atoms with E-state index < -0.39 is 17.8 Å². The van der Waals surface area contributed by atoms with Crippen LogP contribution < -0.4 is 24.4 Å². The first kappa shape index (κ1) is 24.8. The summed E-state index contributed by atoms with van der Waals surface area (Å²) in [6.45, 7) is 2.64. The van der Waals surface area contributed by atoms with Crippen LogP contribution in [0.3, 0.4) is 0 Å². The highest BCUT2D eigenvalue weighted by atomic mass is 35.5. The zero-order valence-corrected chi connectivity index (χ0v) is 20.4. The molecule has 1 saturated heterocycles. The van der Waals surface area contributed by atoms with E-state index in [0.717, 1.165) is 10.5 Å². The van der Waals surface area contributed by atoms with Crippen LogP contribution in [0.15, 0.2) is 72.3 Å². The number of benzene rings is 3. The third-order valence-electron chi connectivity index (χ3n) is 5.31. The first-order valence-electron chi connectivity index (χ1n) is 11.1. The van der Waals surface area contributed by atoms with Crippen LogP contribution in [0, 0.1) is 0 Å². The molecule has 36 heavy (non-hydrogen) atoms. The maximum absolute atomic E-state index is 13.2. The van der Waals surface area contributed by atoms with Crippen LogP contribution in [0.4, 0.5) is 10.5 Å². The molecule has 1 N–H and O–H groups in total. The van der Waals surface area contributed by atoms with Gasteiger partial charge in [0, 0.05) is 5.02 Å². The Hall–Kier alpha value is -4.30. The Morgan fingerprint density at radius 3 is 2.31 bits per heavy atom. The molecule has 3 aromatic carbocycles. The second-order valence-corrected chi connectivity index (χ2v) is 8.15. The highest BCUT2D eigenvalue weighted by Gasteiger charge is 2.36. The van der Waals surface area contributed by atoms with Gasteiger partial charge >= 0.3 is 6.03 Å². The van der Waals surface area contributed by atoms with Crippen LogP contribution in [-0.2, 0) is 16.2 Å². The number of barbiturate groups is 1. The lowest BCUT2D eigenvalue weighted by Gasteiger charge is -2.26. The summed E-state index contributed by atoms with van der Waals surface area (Å²) in [7, 11) is 1.50. The van der Waals surface area contributed by atoms with Crippen LogP contribution in [0.5, 0.6) is 17.2 Å². The summed E-state index contributed by atoms with van der Waals surface area (Å²) in [5, 5.41) is 2.86. The summed E-state index contributed by atoms with van der Waals surface area (Å²) in [6, 6.07) is 17.9. The van der Waals surface area contributed by atoms with Crippen molar-refractivity contribution < 1.29 is 28.6 Å². The van der Waals surface area contributed by atoms with Gasteiger partial charge in [0.05, 0.1) is 19.4 Å². The molecule has 0 aromatic heterocycles. The average Bonchev–Trinajstić information content (AvgIpc) is 2.87. The largest absolute Gasteiger partial charge is 0.493 e. The van der Waals surface area contributed by atoms with Crippen molar-refractivity contribution in [2.75, 3.05) is 18.6 Å². The van der Waals surface area contributed by atoms with Gasteiger partial charge in [-0.1, -0.05) is 29.8 Å². The molecule has 1 fully saturated rings. The fourth-order valence-corrected chi connectivity index (χ4v) is 3.67. The van der Waals surface area contributed by atoms with Crippen molar-refractivity contribution in [3.8, 4) is 17.2 Å². The lowest BCUT2D eigenvalue weighted by Crippen LogP contribution is -2.54. The third-order valence-corrected chi connectivity index (χ3v) is 5.57. The number of rotatable bonds is 8. The molecule has 3 aromatic rings. The normalized spacial score (nSPS) is 14.6. The van der Waals surface area contributed by atoms with Gasteiger partial charge in [0.2, 0.25) is 0 Å². The van der Waals surface area contributed by atoms with Crippen LogP contribution in [0.1, 0.15) is 18.1 Å². The van der Waals surface area contributed by atoms with Gasteiger partial charge in [0.15, 0.2) is 11.5 Å². The molecule has 0 spiro atoms. The first-order chi connectivity index (χ1) is 17.4. The molecule has 8 nitrogen and oxygen atoms in total. The van der Waals surface area contributed by atoms with Crippen LogP contribution in [0.2, 0.25) is 5.02 Å². The van der Waals surface area contributed by atoms with Crippen molar-refractivity contribution in [2.45, 2.75) is 13.5 Å². The fourth-order valence-electron chi connectivity index (χ4n) is 3.55. The molecule has 4 amide bonds. The number of ether oxygens (including phenoxy) is 3. The van der Waals surface area contributed by atoms with E-state index in [-0.39, 0.29) is 5.57 Å². The molecule has 0 aliphatic carbocycles. The van der Waals surface area contributed by atoms with Gasteiger partial charge in [-0.15, -0.1) is 0 Å². The molecule has 9 heteroatoms. The molecular formula is C27H23ClN2O6. The average molecular weight is 507 g/mol. The lowest BCUT2D eigenvalue weighted by molar-refractivity contribution is -0.122. The van der Waals surface area contributed by atoms with E-state index in [1.807, 2.05) is 19.1 Å². The van der Waals surface area contributed by atoms with E-state index in [0.29, 0.717) is 46.7 Å². The molecule has 0 bridgehead atoms. The fraction of sp³-hybridized carbons (Fsp3) is 0.148. The van der Waals surface area contributed by atoms with Crippen LogP contribution >= 0.6 is 11.6 Å². The van der Waals surface area contributed by atoms with Gasteiger partial charge in [-0.25, -0.2) is 9.69 Å². The molecular weight excluding hydrogens is 484 g/mol. The molecule has 4 rings (SSSR count). The number of hydrogen-bond acceptors (Lipinski definition) is 6. The molecule has 0 unspecified atom stereocenters. The zero-order valence-electron chi connectivity index (χ0n) is 19.6. The molecule has 1 aliphatic heterocycles. The Morgan fingerprint density at radius 2 is 1.64 bits per heavy atom. The summed E-state index contributed by atoms with van der Waals surface area (Å²) in [5.74, 6) is 0.0177. The molecule has 1 aliphatic rings. The summed E-state index contributed by atoms with van der Waals surface area (Å²) in [6.07, 6.45) is 1.40. The number of methoxy groups -OCH3 is 1. The number of imide groups is 2. The first-order valence-corrected chi connectivity index (χ1v) is 11.5. The number of halogens is 1. The third kappa shape index (κ3) is 5.50. The SMILES string of the molecule is CCOc1ccc(/C=C2\C(=O)NC(=O)N(c3ccc(OCc4ccc(Cl)cc4)cc3)C2=O)cc1OC. The van der Waals surface area contributed by atoms with Gasteiger partial charge < -0.3 is 14.2 Å². The minimum Gasteiger partial charge on any atom is -0.493 e. The predicted octanol–water partition coefficient (Wildman–Crippen LogP) is 4.99. The van der Waals surface area contributed by atoms with E-state index >= 15 is 0 Å². The number of amides is 4. The minimum absolute atomic E-state index is 0.191. The lowest BCUT2D eigenvalue weighted by atomic mass is 10.1. The van der Waals surface area contributed by atoms with Crippen molar-refractivity contribution in [3.05, 3.63) is 88.5 Å². The van der Waals surface area contributed by atoms with E-state index in [1.54, 1.807) is 54.6 Å². The number of nitrogens with zero attached hydrogens (tertiary/aromatic N) is 1. The summed E-state index contributed by atoms with van der Waals surface area (Å²) >= 11 is 5.90. The highest BCUT2D eigenvalue weighted by molar-refractivity contribution is 6.39. The predicted molar refractivity (Wildman–Crippen MR) is 135 cm³/mol. The Morgan fingerprint density at radius 1 is 0.917 bits per heavy atom. The van der Waals surface area contributed by atoms with Crippen molar-refractivity contribution in [1.29, 1.82) is 0 Å². The molecule has 1 heterocycles. The second-order valence-electron chi connectivity index (χ2n) is 7.71. The Labute approximate surface area is 213 Å². The molecule has 184 valence electrons. The Bertz CT molecular complexity index is 1320. The number of carbonyl (C=O) groups is 3. The summed E-state index contributed by atoms with van der Waals surface area (Å²) < 4.78 is 16.6. The maximum Gasteiger partial charge on any atom is 0.335 e. The Kier molecular flexibility index (Phi) is 7.56. The van der Waals surface area contributed by atoms with Crippen molar-refractivity contribution >= 4 is 41.2 Å². The quantitative estimate of drug-likeness (QED) is 0.341.